The lowest BCUT2D eigenvalue weighted by Gasteiger charge is -2.32. The van der Waals surface area contributed by atoms with E-state index in [4.69, 9.17) is 4.74 Å². The summed E-state index contributed by atoms with van der Waals surface area (Å²) in [7, 11) is 1.72. The van der Waals surface area contributed by atoms with Gasteiger partial charge in [0, 0.05) is 12.4 Å². The van der Waals surface area contributed by atoms with Crippen molar-refractivity contribution in [3.8, 4) is 0 Å². The average Bonchev–Trinajstić information content (AvgIpc) is 3.09. The highest BCUT2D eigenvalue weighted by atomic mass is 32.2. The topological polar surface area (TPSA) is 38.3 Å². The third-order valence-electron chi connectivity index (χ3n) is 4.59. The van der Waals surface area contributed by atoms with Gasteiger partial charge in [-0.25, -0.2) is 0 Å². The second-order valence-corrected chi connectivity index (χ2v) is 7.20. The standard InChI is InChI=1S/C18H27NO2S/c1-3-18(21-2,15-9-5-4-6-10-15)14-19-17(20)13-22-16-11-7-8-12-16/h4-6,9-10,16H,3,7-8,11-14H2,1-2H3,(H,19,20). The van der Waals surface area contributed by atoms with Crippen LogP contribution < -0.4 is 5.32 Å². The fourth-order valence-corrected chi connectivity index (χ4v) is 4.20. The number of ether oxygens (including phenoxy) is 1. The van der Waals surface area contributed by atoms with Crippen LogP contribution in [0.2, 0.25) is 0 Å². The van der Waals surface area contributed by atoms with Crippen molar-refractivity contribution in [2.24, 2.45) is 0 Å². The van der Waals surface area contributed by atoms with Crippen LogP contribution in [-0.4, -0.2) is 30.6 Å². The average molecular weight is 321 g/mol. The number of amides is 1. The van der Waals surface area contributed by atoms with Crippen LogP contribution in [0, 0.1) is 0 Å². The molecule has 1 aliphatic rings. The van der Waals surface area contributed by atoms with Crippen LogP contribution in [0.25, 0.3) is 0 Å². The molecular weight excluding hydrogens is 294 g/mol. The molecule has 1 saturated carbocycles. The summed E-state index contributed by atoms with van der Waals surface area (Å²) in [6, 6.07) is 10.1. The predicted molar refractivity (Wildman–Crippen MR) is 93.1 cm³/mol. The minimum Gasteiger partial charge on any atom is -0.372 e. The van der Waals surface area contributed by atoms with Gasteiger partial charge >= 0.3 is 0 Å². The minimum absolute atomic E-state index is 0.114. The number of carbonyl (C=O) groups is 1. The van der Waals surface area contributed by atoms with Gasteiger partial charge in [-0.2, -0.15) is 0 Å². The molecule has 0 aromatic heterocycles. The third kappa shape index (κ3) is 4.50. The molecule has 3 nitrogen and oxygen atoms in total. The van der Waals surface area contributed by atoms with Crippen molar-refractivity contribution in [1.29, 1.82) is 0 Å². The van der Waals surface area contributed by atoms with Crippen LogP contribution >= 0.6 is 11.8 Å². The Bertz CT molecular complexity index is 453. The summed E-state index contributed by atoms with van der Waals surface area (Å²) in [5, 5.41) is 3.74. The highest BCUT2D eigenvalue weighted by Crippen LogP contribution is 2.30. The molecule has 0 saturated heterocycles. The van der Waals surface area contributed by atoms with Gasteiger partial charge in [-0.1, -0.05) is 50.1 Å². The highest BCUT2D eigenvalue weighted by molar-refractivity contribution is 8.00. The maximum atomic E-state index is 12.1. The summed E-state index contributed by atoms with van der Waals surface area (Å²) in [4.78, 5) is 12.1. The molecule has 1 aromatic rings. The van der Waals surface area contributed by atoms with Crippen molar-refractivity contribution >= 4 is 17.7 Å². The van der Waals surface area contributed by atoms with E-state index in [9.17, 15) is 4.79 Å². The van der Waals surface area contributed by atoms with E-state index >= 15 is 0 Å². The fraction of sp³-hybridized carbons (Fsp3) is 0.611. The van der Waals surface area contributed by atoms with Crippen molar-refractivity contribution in [2.45, 2.75) is 49.9 Å². The molecule has 1 aromatic carbocycles. The zero-order valence-corrected chi connectivity index (χ0v) is 14.5. The lowest BCUT2D eigenvalue weighted by molar-refractivity contribution is -0.120. The molecule has 122 valence electrons. The fourth-order valence-electron chi connectivity index (χ4n) is 3.05. The zero-order chi connectivity index (χ0) is 15.8. The van der Waals surface area contributed by atoms with E-state index in [1.165, 1.54) is 25.7 Å². The molecule has 2 rings (SSSR count). The van der Waals surface area contributed by atoms with E-state index in [1.54, 1.807) is 18.9 Å². The summed E-state index contributed by atoms with van der Waals surface area (Å²) in [6.45, 7) is 2.62. The molecule has 1 aliphatic carbocycles. The van der Waals surface area contributed by atoms with Crippen molar-refractivity contribution in [3.05, 3.63) is 35.9 Å². The van der Waals surface area contributed by atoms with Gasteiger partial charge in [-0.15, -0.1) is 11.8 Å². The molecule has 1 unspecified atom stereocenters. The lowest BCUT2D eigenvalue weighted by Crippen LogP contribution is -2.42. The van der Waals surface area contributed by atoms with Crippen LogP contribution in [0.4, 0.5) is 0 Å². The van der Waals surface area contributed by atoms with E-state index < -0.39 is 5.60 Å². The number of hydrogen-bond donors (Lipinski definition) is 1. The second-order valence-electron chi connectivity index (χ2n) is 5.91. The van der Waals surface area contributed by atoms with E-state index in [-0.39, 0.29) is 5.91 Å². The van der Waals surface area contributed by atoms with Crippen LogP contribution in [-0.2, 0) is 15.1 Å². The first-order valence-corrected chi connectivity index (χ1v) is 9.24. The van der Waals surface area contributed by atoms with E-state index in [0.717, 1.165) is 12.0 Å². The van der Waals surface area contributed by atoms with Gasteiger partial charge < -0.3 is 10.1 Å². The second kappa shape index (κ2) is 8.59. The summed E-state index contributed by atoms with van der Waals surface area (Å²) in [6.07, 6.45) is 5.98. The summed E-state index contributed by atoms with van der Waals surface area (Å²) in [5.41, 5.74) is 0.679. The van der Waals surface area contributed by atoms with Gasteiger partial charge in [0.1, 0.15) is 5.60 Å². The Kier molecular flexibility index (Phi) is 6.77. The van der Waals surface area contributed by atoms with Gasteiger partial charge in [0.05, 0.1) is 12.3 Å². The van der Waals surface area contributed by atoms with Crippen LogP contribution in [0.15, 0.2) is 30.3 Å². The van der Waals surface area contributed by atoms with Crippen LogP contribution in [0.3, 0.4) is 0 Å². The number of thioether (sulfide) groups is 1. The number of nitrogens with one attached hydrogen (secondary N) is 1. The normalized spacial score (nSPS) is 18.1. The SMILES string of the molecule is CCC(CNC(=O)CSC1CCCC1)(OC)c1ccccc1. The largest absolute Gasteiger partial charge is 0.372 e. The number of methoxy groups -OCH3 is 1. The number of benzene rings is 1. The lowest BCUT2D eigenvalue weighted by atomic mass is 9.90. The number of carbonyl (C=O) groups excluding carboxylic acids is 1. The van der Waals surface area contributed by atoms with E-state index in [0.29, 0.717) is 17.5 Å². The molecule has 0 bridgehead atoms. The molecule has 0 heterocycles. The van der Waals surface area contributed by atoms with Crippen molar-refractivity contribution in [2.75, 3.05) is 19.4 Å². The van der Waals surface area contributed by atoms with Crippen LogP contribution in [0.5, 0.6) is 0 Å². The van der Waals surface area contributed by atoms with Gasteiger partial charge in [-0.3, -0.25) is 4.79 Å². The maximum Gasteiger partial charge on any atom is 0.230 e. The van der Waals surface area contributed by atoms with Crippen molar-refractivity contribution in [3.63, 3.8) is 0 Å². The Morgan fingerprint density at radius 2 is 2.00 bits per heavy atom. The highest BCUT2D eigenvalue weighted by Gasteiger charge is 2.30. The molecule has 1 atom stereocenters. The molecule has 0 aliphatic heterocycles. The molecule has 1 fully saturated rings. The van der Waals surface area contributed by atoms with E-state index in [1.807, 2.05) is 18.2 Å². The quantitative estimate of drug-likeness (QED) is 0.793. The summed E-state index contributed by atoms with van der Waals surface area (Å²) >= 11 is 1.80. The smallest absolute Gasteiger partial charge is 0.230 e. The number of hydrogen-bond acceptors (Lipinski definition) is 3. The molecule has 22 heavy (non-hydrogen) atoms. The first kappa shape index (κ1) is 17.4. The molecule has 0 spiro atoms. The van der Waals surface area contributed by atoms with Crippen LogP contribution in [0.1, 0.15) is 44.6 Å². The Morgan fingerprint density at radius 3 is 2.59 bits per heavy atom. The zero-order valence-electron chi connectivity index (χ0n) is 13.6. The molecule has 1 N–H and O–H groups in total. The minimum atomic E-state index is -0.436. The van der Waals surface area contributed by atoms with Gasteiger partial charge in [0.15, 0.2) is 0 Å². The first-order valence-electron chi connectivity index (χ1n) is 8.19. The monoisotopic (exact) mass is 321 g/mol. The summed E-state index contributed by atoms with van der Waals surface area (Å²) in [5.74, 6) is 0.672. The Hall–Kier alpha value is -1.00. The summed E-state index contributed by atoms with van der Waals surface area (Å²) < 4.78 is 5.78. The Labute approximate surface area is 138 Å². The third-order valence-corrected chi connectivity index (χ3v) is 5.96. The Morgan fingerprint density at radius 1 is 1.32 bits per heavy atom. The van der Waals surface area contributed by atoms with Gasteiger partial charge in [0.2, 0.25) is 5.91 Å². The first-order chi connectivity index (χ1) is 10.7. The van der Waals surface area contributed by atoms with Crippen molar-refractivity contribution in [1.82, 2.24) is 5.32 Å². The number of rotatable bonds is 8. The van der Waals surface area contributed by atoms with Gasteiger partial charge in [-0.05, 0) is 24.8 Å². The Balaban J connectivity index is 1.87. The molecule has 1 amide bonds. The maximum absolute atomic E-state index is 12.1. The predicted octanol–water partition coefficient (Wildman–Crippen LogP) is 3.73. The van der Waals surface area contributed by atoms with E-state index in [2.05, 4.69) is 24.4 Å². The molecular formula is C18H27NO2S. The molecule has 0 radical (unpaired) electrons. The van der Waals surface area contributed by atoms with Crippen molar-refractivity contribution < 1.29 is 9.53 Å². The van der Waals surface area contributed by atoms with Gasteiger partial charge in [0.25, 0.3) is 0 Å². The molecule has 4 heteroatoms.